The SMILES string of the molecule is Cn1ncc(C(O)CC2CCCc3ccccc32)c1N. The van der Waals surface area contributed by atoms with Crippen LogP contribution in [0, 0.1) is 0 Å². The highest BCUT2D eigenvalue weighted by molar-refractivity contribution is 5.40. The molecule has 0 aliphatic heterocycles. The number of hydrogen-bond donors (Lipinski definition) is 2. The zero-order valence-electron chi connectivity index (χ0n) is 11.8. The summed E-state index contributed by atoms with van der Waals surface area (Å²) < 4.78 is 1.60. The Morgan fingerprint density at radius 2 is 2.25 bits per heavy atom. The lowest BCUT2D eigenvalue weighted by atomic mass is 9.79. The van der Waals surface area contributed by atoms with Crippen molar-refractivity contribution in [3.05, 3.63) is 47.2 Å². The summed E-state index contributed by atoms with van der Waals surface area (Å²) >= 11 is 0. The van der Waals surface area contributed by atoms with Crippen molar-refractivity contribution in [3.8, 4) is 0 Å². The molecular weight excluding hydrogens is 250 g/mol. The quantitative estimate of drug-likeness (QED) is 0.901. The maximum atomic E-state index is 10.5. The van der Waals surface area contributed by atoms with E-state index in [1.165, 1.54) is 17.5 Å². The van der Waals surface area contributed by atoms with Crippen molar-refractivity contribution in [2.45, 2.75) is 37.7 Å². The third kappa shape index (κ3) is 2.31. The highest BCUT2D eigenvalue weighted by Crippen LogP contribution is 2.38. The number of hydrogen-bond acceptors (Lipinski definition) is 3. The Balaban J connectivity index is 1.80. The smallest absolute Gasteiger partial charge is 0.127 e. The van der Waals surface area contributed by atoms with Crippen molar-refractivity contribution in [2.24, 2.45) is 7.05 Å². The molecule has 4 heteroatoms. The molecule has 20 heavy (non-hydrogen) atoms. The topological polar surface area (TPSA) is 64.1 Å². The number of nitrogens with two attached hydrogens (primary N) is 1. The number of fused-ring (bicyclic) bond motifs is 1. The molecule has 2 aromatic rings. The summed E-state index contributed by atoms with van der Waals surface area (Å²) in [5.41, 5.74) is 9.50. The van der Waals surface area contributed by atoms with E-state index in [0.717, 1.165) is 18.4 Å². The lowest BCUT2D eigenvalue weighted by molar-refractivity contribution is 0.154. The molecule has 2 atom stereocenters. The number of aliphatic hydroxyl groups excluding tert-OH is 1. The molecule has 0 saturated heterocycles. The van der Waals surface area contributed by atoms with E-state index in [2.05, 4.69) is 29.4 Å². The molecule has 0 radical (unpaired) electrons. The monoisotopic (exact) mass is 271 g/mol. The van der Waals surface area contributed by atoms with Gasteiger partial charge in [-0.25, -0.2) is 0 Å². The van der Waals surface area contributed by atoms with Crippen LogP contribution in [0.15, 0.2) is 30.5 Å². The van der Waals surface area contributed by atoms with Crippen LogP contribution in [0.4, 0.5) is 5.82 Å². The maximum Gasteiger partial charge on any atom is 0.127 e. The fourth-order valence-electron chi connectivity index (χ4n) is 3.22. The molecule has 3 rings (SSSR count). The van der Waals surface area contributed by atoms with Gasteiger partial charge in [0.15, 0.2) is 0 Å². The number of aryl methyl sites for hydroxylation is 2. The Morgan fingerprint density at radius 3 is 3.00 bits per heavy atom. The molecule has 1 aliphatic rings. The molecule has 106 valence electrons. The van der Waals surface area contributed by atoms with Gasteiger partial charge in [-0.1, -0.05) is 24.3 Å². The van der Waals surface area contributed by atoms with Gasteiger partial charge in [0.2, 0.25) is 0 Å². The maximum absolute atomic E-state index is 10.5. The van der Waals surface area contributed by atoms with Crippen LogP contribution < -0.4 is 5.73 Å². The van der Waals surface area contributed by atoms with Crippen molar-refractivity contribution in [2.75, 3.05) is 5.73 Å². The Bertz CT molecular complexity index is 606. The summed E-state index contributed by atoms with van der Waals surface area (Å²) in [4.78, 5) is 0. The van der Waals surface area contributed by atoms with Crippen LogP contribution in [0.2, 0.25) is 0 Å². The first-order chi connectivity index (χ1) is 9.66. The van der Waals surface area contributed by atoms with E-state index in [4.69, 9.17) is 5.73 Å². The summed E-state index contributed by atoms with van der Waals surface area (Å²) in [6.45, 7) is 0. The van der Waals surface area contributed by atoms with Crippen LogP contribution in [-0.4, -0.2) is 14.9 Å². The summed E-state index contributed by atoms with van der Waals surface area (Å²) in [5, 5.41) is 14.6. The second-order valence-electron chi connectivity index (χ2n) is 5.65. The van der Waals surface area contributed by atoms with Gasteiger partial charge < -0.3 is 10.8 Å². The third-order valence-corrected chi connectivity index (χ3v) is 4.37. The van der Waals surface area contributed by atoms with Crippen LogP contribution in [0.25, 0.3) is 0 Å². The van der Waals surface area contributed by atoms with Gasteiger partial charge in [0.25, 0.3) is 0 Å². The number of aromatic nitrogens is 2. The van der Waals surface area contributed by atoms with Crippen LogP contribution in [0.3, 0.4) is 0 Å². The minimum atomic E-state index is -0.542. The first-order valence-corrected chi connectivity index (χ1v) is 7.20. The van der Waals surface area contributed by atoms with Crippen molar-refractivity contribution >= 4 is 5.82 Å². The van der Waals surface area contributed by atoms with Crippen molar-refractivity contribution in [3.63, 3.8) is 0 Å². The predicted molar refractivity (Wildman–Crippen MR) is 79.3 cm³/mol. The lowest BCUT2D eigenvalue weighted by Gasteiger charge is -2.27. The molecule has 0 fully saturated rings. The highest BCUT2D eigenvalue weighted by Gasteiger charge is 2.24. The second-order valence-corrected chi connectivity index (χ2v) is 5.65. The molecule has 0 bridgehead atoms. The van der Waals surface area contributed by atoms with Gasteiger partial charge in [-0.2, -0.15) is 5.10 Å². The second kappa shape index (κ2) is 5.29. The Labute approximate surface area is 119 Å². The lowest BCUT2D eigenvalue weighted by Crippen LogP contribution is -2.13. The number of anilines is 1. The van der Waals surface area contributed by atoms with E-state index in [9.17, 15) is 5.11 Å². The summed E-state index contributed by atoms with van der Waals surface area (Å²) in [6, 6.07) is 8.57. The van der Waals surface area contributed by atoms with Gasteiger partial charge in [0.05, 0.1) is 12.3 Å². The molecule has 0 spiro atoms. The normalized spacial score (nSPS) is 19.6. The van der Waals surface area contributed by atoms with E-state index in [0.29, 0.717) is 18.2 Å². The fourth-order valence-corrected chi connectivity index (χ4v) is 3.22. The first kappa shape index (κ1) is 13.2. The number of rotatable bonds is 3. The zero-order valence-corrected chi connectivity index (χ0v) is 11.8. The van der Waals surface area contributed by atoms with Gasteiger partial charge in [0.1, 0.15) is 5.82 Å². The Hall–Kier alpha value is -1.81. The number of aliphatic hydroxyl groups is 1. The number of nitrogen functional groups attached to an aromatic ring is 1. The molecule has 1 aromatic heterocycles. The van der Waals surface area contributed by atoms with Crippen LogP contribution >= 0.6 is 0 Å². The molecular formula is C16H21N3O. The van der Waals surface area contributed by atoms with Crippen LogP contribution in [0.1, 0.15) is 48.0 Å². The predicted octanol–water partition coefficient (Wildman–Crippen LogP) is 2.55. The third-order valence-electron chi connectivity index (χ3n) is 4.37. The minimum absolute atomic E-state index is 0.412. The van der Waals surface area contributed by atoms with E-state index in [1.807, 2.05) is 0 Å². The molecule has 1 aliphatic carbocycles. The fraction of sp³-hybridized carbons (Fsp3) is 0.438. The molecule has 2 unspecified atom stereocenters. The summed E-state index contributed by atoms with van der Waals surface area (Å²) in [7, 11) is 1.79. The summed E-state index contributed by atoms with van der Waals surface area (Å²) in [6.07, 6.45) is 5.32. The van der Waals surface area contributed by atoms with E-state index in [-0.39, 0.29) is 0 Å². The average molecular weight is 271 g/mol. The van der Waals surface area contributed by atoms with Gasteiger partial charge in [0, 0.05) is 12.6 Å². The van der Waals surface area contributed by atoms with Crippen LogP contribution in [-0.2, 0) is 13.5 Å². The highest BCUT2D eigenvalue weighted by atomic mass is 16.3. The van der Waals surface area contributed by atoms with Gasteiger partial charge in [-0.05, 0) is 42.7 Å². The van der Waals surface area contributed by atoms with Gasteiger partial charge in [-0.15, -0.1) is 0 Å². The molecule has 0 amide bonds. The zero-order chi connectivity index (χ0) is 14.1. The molecule has 4 nitrogen and oxygen atoms in total. The minimum Gasteiger partial charge on any atom is -0.388 e. The van der Waals surface area contributed by atoms with E-state index < -0.39 is 6.10 Å². The summed E-state index contributed by atoms with van der Waals surface area (Å²) in [5.74, 6) is 0.969. The van der Waals surface area contributed by atoms with E-state index >= 15 is 0 Å². The standard InChI is InChI=1S/C16H21N3O/c1-19-16(17)14(10-18-19)15(20)9-12-7-4-6-11-5-2-3-8-13(11)12/h2-3,5,8,10,12,15,20H,4,6-7,9,17H2,1H3. The average Bonchev–Trinajstić information content (AvgIpc) is 2.79. The Morgan fingerprint density at radius 1 is 1.45 bits per heavy atom. The van der Waals surface area contributed by atoms with Crippen molar-refractivity contribution < 1.29 is 5.11 Å². The van der Waals surface area contributed by atoms with Crippen molar-refractivity contribution in [1.82, 2.24) is 9.78 Å². The molecule has 1 heterocycles. The van der Waals surface area contributed by atoms with E-state index in [1.54, 1.807) is 17.9 Å². The first-order valence-electron chi connectivity index (χ1n) is 7.20. The molecule has 0 saturated carbocycles. The van der Waals surface area contributed by atoms with Crippen LogP contribution in [0.5, 0.6) is 0 Å². The van der Waals surface area contributed by atoms with Crippen molar-refractivity contribution in [1.29, 1.82) is 0 Å². The van der Waals surface area contributed by atoms with Gasteiger partial charge >= 0.3 is 0 Å². The van der Waals surface area contributed by atoms with Gasteiger partial charge in [-0.3, -0.25) is 4.68 Å². The Kier molecular flexibility index (Phi) is 3.49. The number of benzene rings is 1. The molecule has 1 aromatic carbocycles. The largest absolute Gasteiger partial charge is 0.388 e. The molecule has 3 N–H and O–H groups in total. The number of nitrogens with zero attached hydrogens (tertiary/aromatic N) is 2.